The summed E-state index contributed by atoms with van der Waals surface area (Å²) in [5.41, 5.74) is 1.15. The number of nitrogens with zero attached hydrogens (tertiary/aromatic N) is 3. The largest absolute Gasteiger partial charge is 0.356 e. The molecule has 1 aliphatic heterocycles. The van der Waals surface area contributed by atoms with Crippen molar-refractivity contribution in [2.45, 2.75) is 34.1 Å². The van der Waals surface area contributed by atoms with Gasteiger partial charge in [-0.15, -0.1) is 0 Å². The molecule has 0 N–H and O–H groups in total. The highest BCUT2D eigenvalue weighted by molar-refractivity contribution is 5.41. The van der Waals surface area contributed by atoms with E-state index < -0.39 is 0 Å². The molecule has 16 heavy (non-hydrogen) atoms. The molecule has 3 nitrogen and oxygen atoms in total. The Morgan fingerprint density at radius 3 is 2.44 bits per heavy atom. The van der Waals surface area contributed by atoms with Crippen LogP contribution in [-0.4, -0.2) is 23.1 Å². The minimum atomic E-state index is 0.764. The summed E-state index contributed by atoms with van der Waals surface area (Å²) in [5.74, 6) is 3.53. The molecular weight excluding hydrogens is 198 g/mol. The van der Waals surface area contributed by atoms with Crippen LogP contribution in [-0.2, 0) is 6.42 Å². The fourth-order valence-electron chi connectivity index (χ4n) is 2.27. The summed E-state index contributed by atoms with van der Waals surface area (Å²) < 4.78 is 0. The molecule has 2 atom stereocenters. The van der Waals surface area contributed by atoms with E-state index in [1.807, 2.05) is 6.92 Å². The monoisotopic (exact) mass is 219 g/mol. The van der Waals surface area contributed by atoms with Crippen molar-refractivity contribution in [3.63, 3.8) is 0 Å². The van der Waals surface area contributed by atoms with Gasteiger partial charge in [-0.05, 0) is 25.2 Å². The second-order valence-electron chi connectivity index (χ2n) is 4.98. The topological polar surface area (TPSA) is 29.0 Å². The van der Waals surface area contributed by atoms with Gasteiger partial charge in [0.2, 0.25) is 0 Å². The van der Waals surface area contributed by atoms with Crippen molar-refractivity contribution in [1.29, 1.82) is 0 Å². The molecule has 0 saturated carbocycles. The molecular formula is C13H21N3. The van der Waals surface area contributed by atoms with Gasteiger partial charge in [-0.1, -0.05) is 20.8 Å². The van der Waals surface area contributed by atoms with E-state index in [0.29, 0.717) is 0 Å². The summed E-state index contributed by atoms with van der Waals surface area (Å²) in [7, 11) is 0. The molecule has 2 unspecified atom stereocenters. The van der Waals surface area contributed by atoms with Gasteiger partial charge in [-0.25, -0.2) is 9.97 Å². The summed E-state index contributed by atoms with van der Waals surface area (Å²) >= 11 is 0. The van der Waals surface area contributed by atoms with E-state index >= 15 is 0 Å². The van der Waals surface area contributed by atoms with Crippen molar-refractivity contribution in [1.82, 2.24) is 9.97 Å². The zero-order valence-electron chi connectivity index (χ0n) is 10.7. The Balaban J connectivity index is 2.24. The molecule has 0 bridgehead atoms. The lowest BCUT2D eigenvalue weighted by Gasteiger charge is -2.18. The molecule has 1 aliphatic rings. The van der Waals surface area contributed by atoms with Gasteiger partial charge in [0.15, 0.2) is 0 Å². The third kappa shape index (κ3) is 2.18. The second kappa shape index (κ2) is 4.40. The van der Waals surface area contributed by atoms with Crippen LogP contribution in [0.4, 0.5) is 5.82 Å². The molecule has 1 saturated heterocycles. The normalized spacial score (nSPS) is 25.1. The van der Waals surface area contributed by atoms with E-state index in [1.54, 1.807) is 0 Å². The Bertz CT molecular complexity index is 365. The van der Waals surface area contributed by atoms with Gasteiger partial charge >= 0.3 is 0 Å². The third-order valence-electron chi connectivity index (χ3n) is 3.55. The fourth-order valence-corrected chi connectivity index (χ4v) is 2.27. The lowest BCUT2D eigenvalue weighted by atomic mass is 10.0. The smallest absolute Gasteiger partial charge is 0.132 e. The van der Waals surface area contributed by atoms with Gasteiger partial charge in [0, 0.05) is 24.8 Å². The predicted octanol–water partition coefficient (Wildman–Crippen LogP) is 2.44. The second-order valence-corrected chi connectivity index (χ2v) is 4.98. The highest BCUT2D eigenvalue weighted by Crippen LogP contribution is 2.26. The molecule has 1 aromatic heterocycles. The van der Waals surface area contributed by atoms with Crippen molar-refractivity contribution in [2.75, 3.05) is 18.0 Å². The Hall–Kier alpha value is -1.12. The van der Waals surface area contributed by atoms with Gasteiger partial charge < -0.3 is 4.90 Å². The average molecular weight is 219 g/mol. The van der Waals surface area contributed by atoms with E-state index in [1.165, 1.54) is 0 Å². The van der Waals surface area contributed by atoms with Gasteiger partial charge in [0.1, 0.15) is 11.6 Å². The lowest BCUT2D eigenvalue weighted by Crippen LogP contribution is -2.21. The molecule has 2 rings (SSSR count). The molecule has 3 heteroatoms. The van der Waals surface area contributed by atoms with Crippen LogP contribution in [0.3, 0.4) is 0 Å². The first kappa shape index (κ1) is 11.4. The van der Waals surface area contributed by atoms with Crippen molar-refractivity contribution in [2.24, 2.45) is 11.8 Å². The van der Waals surface area contributed by atoms with E-state index in [0.717, 1.165) is 48.7 Å². The van der Waals surface area contributed by atoms with Crippen molar-refractivity contribution >= 4 is 5.82 Å². The van der Waals surface area contributed by atoms with Crippen LogP contribution in [0.1, 0.15) is 32.3 Å². The minimum absolute atomic E-state index is 0.764. The zero-order chi connectivity index (χ0) is 11.7. The summed E-state index contributed by atoms with van der Waals surface area (Å²) in [6.45, 7) is 11.0. The van der Waals surface area contributed by atoms with Crippen molar-refractivity contribution in [3.8, 4) is 0 Å². The first-order valence-electron chi connectivity index (χ1n) is 6.19. The number of hydrogen-bond acceptors (Lipinski definition) is 3. The third-order valence-corrected chi connectivity index (χ3v) is 3.55. The number of aryl methyl sites for hydroxylation is 2. The van der Waals surface area contributed by atoms with Crippen LogP contribution < -0.4 is 4.90 Å². The molecule has 0 radical (unpaired) electrons. The van der Waals surface area contributed by atoms with Crippen LogP contribution in [0.15, 0.2) is 6.07 Å². The van der Waals surface area contributed by atoms with E-state index in [9.17, 15) is 0 Å². The maximum Gasteiger partial charge on any atom is 0.132 e. The molecule has 0 amide bonds. The van der Waals surface area contributed by atoms with Crippen molar-refractivity contribution < 1.29 is 0 Å². The van der Waals surface area contributed by atoms with Gasteiger partial charge in [0.25, 0.3) is 0 Å². The number of anilines is 1. The maximum atomic E-state index is 4.55. The summed E-state index contributed by atoms with van der Waals surface area (Å²) in [5, 5.41) is 0. The van der Waals surface area contributed by atoms with Crippen molar-refractivity contribution in [3.05, 3.63) is 17.6 Å². The first-order chi connectivity index (χ1) is 7.60. The van der Waals surface area contributed by atoms with E-state index in [-0.39, 0.29) is 0 Å². The Morgan fingerprint density at radius 1 is 1.25 bits per heavy atom. The molecule has 0 aliphatic carbocycles. The van der Waals surface area contributed by atoms with Gasteiger partial charge in [0.05, 0.1) is 0 Å². The van der Waals surface area contributed by atoms with Crippen LogP contribution in [0, 0.1) is 18.8 Å². The number of rotatable bonds is 2. The first-order valence-corrected chi connectivity index (χ1v) is 6.19. The van der Waals surface area contributed by atoms with Gasteiger partial charge in [-0.3, -0.25) is 0 Å². The Morgan fingerprint density at radius 2 is 1.88 bits per heavy atom. The van der Waals surface area contributed by atoms with E-state index in [4.69, 9.17) is 0 Å². The molecule has 0 aromatic carbocycles. The Labute approximate surface area is 97.9 Å². The minimum Gasteiger partial charge on any atom is -0.356 e. The average Bonchev–Trinajstić information content (AvgIpc) is 2.58. The standard InChI is InChI=1S/C13H21N3/c1-5-12-6-13(15-11(4)14-12)16-7-9(2)10(3)8-16/h6,9-10H,5,7-8H2,1-4H3. The highest BCUT2D eigenvalue weighted by atomic mass is 15.2. The quantitative estimate of drug-likeness (QED) is 0.765. The van der Waals surface area contributed by atoms with Crippen LogP contribution in [0.25, 0.3) is 0 Å². The van der Waals surface area contributed by atoms with Crippen LogP contribution in [0.5, 0.6) is 0 Å². The summed E-state index contributed by atoms with van der Waals surface area (Å²) in [6, 6.07) is 2.14. The Kier molecular flexibility index (Phi) is 3.13. The molecule has 1 fully saturated rings. The van der Waals surface area contributed by atoms with E-state index in [2.05, 4.69) is 41.7 Å². The predicted molar refractivity (Wildman–Crippen MR) is 66.7 cm³/mol. The summed E-state index contributed by atoms with van der Waals surface area (Å²) in [4.78, 5) is 11.4. The van der Waals surface area contributed by atoms with Gasteiger partial charge in [-0.2, -0.15) is 0 Å². The van der Waals surface area contributed by atoms with Crippen LogP contribution >= 0.6 is 0 Å². The lowest BCUT2D eigenvalue weighted by molar-refractivity contribution is 0.494. The van der Waals surface area contributed by atoms with Crippen LogP contribution in [0.2, 0.25) is 0 Å². The SMILES string of the molecule is CCc1cc(N2CC(C)C(C)C2)nc(C)n1. The molecule has 88 valence electrons. The fraction of sp³-hybridized carbons (Fsp3) is 0.692. The maximum absolute atomic E-state index is 4.55. The zero-order valence-corrected chi connectivity index (χ0v) is 10.7. The molecule has 2 heterocycles. The highest BCUT2D eigenvalue weighted by Gasteiger charge is 2.27. The molecule has 0 spiro atoms. The number of hydrogen-bond donors (Lipinski definition) is 0. The molecule has 1 aromatic rings. The number of aromatic nitrogens is 2. The summed E-state index contributed by atoms with van der Waals surface area (Å²) in [6.07, 6.45) is 0.981.